The van der Waals surface area contributed by atoms with Gasteiger partial charge in [0, 0.05) is 18.8 Å². The zero-order valence-corrected chi connectivity index (χ0v) is 10.1. The summed E-state index contributed by atoms with van der Waals surface area (Å²) in [5, 5.41) is 19.5. The molecule has 3 N–H and O–H groups in total. The summed E-state index contributed by atoms with van der Waals surface area (Å²) in [4.78, 5) is 36.6. The molecule has 0 spiro atoms. The van der Waals surface area contributed by atoms with Crippen LogP contribution in [0.15, 0.2) is 24.5 Å². The summed E-state index contributed by atoms with van der Waals surface area (Å²) in [6.45, 7) is 0. The van der Waals surface area contributed by atoms with E-state index in [1.165, 1.54) is 0 Å². The number of nitrogens with one attached hydrogen (secondary N) is 1. The molecule has 0 aliphatic heterocycles. The van der Waals surface area contributed by atoms with Gasteiger partial charge in [-0.1, -0.05) is 0 Å². The summed E-state index contributed by atoms with van der Waals surface area (Å²) >= 11 is 0. The molecule has 0 unspecified atom stereocenters. The summed E-state index contributed by atoms with van der Waals surface area (Å²) in [6, 6.07) is 2.10. The predicted octanol–water partition coefficient (Wildman–Crippen LogP) is 0.0583. The normalized spacial score (nSPS) is 11.6. The highest BCUT2D eigenvalue weighted by atomic mass is 16.4. The Morgan fingerprint density at radius 1 is 1.21 bits per heavy atom. The lowest BCUT2D eigenvalue weighted by Gasteiger charge is -2.12. The third-order valence-electron chi connectivity index (χ3n) is 2.40. The summed E-state index contributed by atoms with van der Waals surface area (Å²) < 4.78 is 0. The molecule has 1 aromatic rings. The third-order valence-corrected chi connectivity index (χ3v) is 2.40. The van der Waals surface area contributed by atoms with Crippen LogP contribution in [-0.2, 0) is 20.8 Å². The lowest BCUT2D eigenvalue weighted by Crippen LogP contribution is -2.42. The fourth-order valence-corrected chi connectivity index (χ4v) is 1.45. The van der Waals surface area contributed by atoms with Gasteiger partial charge in [0.15, 0.2) is 0 Å². The van der Waals surface area contributed by atoms with Crippen molar-refractivity contribution in [2.45, 2.75) is 25.3 Å². The number of hydrogen-bond donors (Lipinski definition) is 3. The number of carbonyl (C=O) groups is 3. The average molecular weight is 266 g/mol. The summed E-state index contributed by atoms with van der Waals surface area (Å²) in [5.41, 5.74) is 0.898. The topological polar surface area (TPSA) is 117 Å². The number of aromatic nitrogens is 1. The van der Waals surface area contributed by atoms with Gasteiger partial charge in [-0.2, -0.15) is 0 Å². The molecule has 1 heterocycles. The first kappa shape index (κ1) is 14.6. The molecule has 7 nitrogen and oxygen atoms in total. The average Bonchev–Trinajstić information content (AvgIpc) is 2.36. The van der Waals surface area contributed by atoms with E-state index in [9.17, 15) is 14.4 Å². The second-order valence-corrected chi connectivity index (χ2v) is 3.91. The number of aliphatic carboxylic acids is 2. The first-order valence-corrected chi connectivity index (χ1v) is 5.62. The first-order valence-electron chi connectivity index (χ1n) is 5.62. The van der Waals surface area contributed by atoms with Crippen molar-refractivity contribution in [1.29, 1.82) is 0 Å². The Bertz CT molecular complexity index is 460. The van der Waals surface area contributed by atoms with E-state index in [0.29, 0.717) is 6.42 Å². The molecule has 0 aliphatic carbocycles. The van der Waals surface area contributed by atoms with Gasteiger partial charge in [-0.05, 0) is 24.1 Å². The first-order chi connectivity index (χ1) is 8.99. The van der Waals surface area contributed by atoms with Crippen molar-refractivity contribution in [3.63, 3.8) is 0 Å². The number of carbonyl (C=O) groups excluding carboxylic acids is 1. The SMILES string of the molecule is O=C(O)C[C@@H](NC(=O)CCc1ccncc1)C(=O)O. The van der Waals surface area contributed by atoms with E-state index >= 15 is 0 Å². The molecule has 7 heteroatoms. The third kappa shape index (κ3) is 5.62. The molecule has 1 atom stereocenters. The smallest absolute Gasteiger partial charge is 0.326 e. The number of aryl methyl sites for hydroxylation is 1. The molecule has 0 aliphatic rings. The maximum atomic E-state index is 11.5. The van der Waals surface area contributed by atoms with Crippen LogP contribution in [0.4, 0.5) is 0 Å². The van der Waals surface area contributed by atoms with Crippen LogP contribution in [0.3, 0.4) is 0 Å². The number of amides is 1. The number of pyridine rings is 1. The summed E-state index contributed by atoms with van der Waals surface area (Å²) in [7, 11) is 0. The number of rotatable bonds is 7. The molecule has 1 rings (SSSR count). The van der Waals surface area contributed by atoms with E-state index in [1.54, 1.807) is 24.5 Å². The monoisotopic (exact) mass is 266 g/mol. The molecule has 19 heavy (non-hydrogen) atoms. The van der Waals surface area contributed by atoms with Gasteiger partial charge in [0.05, 0.1) is 6.42 Å². The van der Waals surface area contributed by atoms with Crippen molar-refractivity contribution in [3.05, 3.63) is 30.1 Å². The largest absolute Gasteiger partial charge is 0.481 e. The molecule has 0 bridgehead atoms. The van der Waals surface area contributed by atoms with Crippen LogP contribution >= 0.6 is 0 Å². The Labute approximate surface area is 109 Å². The zero-order valence-electron chi connectivity index (χ0n) is 10.1. The van der Waals surface area contributed by atoms with Crippen molar-refractivity contribution < 1.29 is 24.6 Å². The van der Waals surface area contributed by atoms with Gasteiger partial charge in [-0.15, -0.1) is 0 Å². The highest BCUT2D eigenvalue weighted by Gasteiger charge is 2.22. The number of carboxylic acid groups (broad SMARTS) is 2. The molecule has 0 radical (unpaired) electrons. The van der Waals surface area contributed by atoms with Gasteiger partial charge in [-0.25, -0.2) is 4.79 Å². The van der Waals surface area contributed by atoms with E-state index in [-0.39, 0.29) is 6.42 Å². The van der Waals surface area contributed by atoms with Crippen molar-refractivity contribution >= 4 is 17.8 Å². The molecule has 0 fully saturated rings. The van der Waals surface area contributed by atoms with Gasteiger partial charge in [-0.3, -0.25) is 14.6 Å². The highest BCUT2D eigenvalue weighted by Crippen LogP contribution is 2.01. The minimum absolute atomic E-state index is 0.0907. The lowest BCUT2D eigenvalue weighted by molar-refractivity contribution is -0.147. The van der Waals surface area contributed by atoms with Crippen molar-refractivity contribution in [2.24, 2.45) is 0 Å². The Morgan fingerprint density at radius 3 is 2.37 bits per heavy atom. The Morgan fingerprint density at radius 2 is 1.84 bits per heavy atom. The number of carboxylic acids is 2. The fraction of sp³-hybridized carbons (Fsp3) is 0.333. The molecule has 0 aromatic carbocycles. The summed E-state index contributed by atoms with van der Waals surface area (Å²) in [5.74, 6) is -3.13. The number of hydrogen-bond acceptors (Lipinski definition) is 4. The lowest BCUT2D eigenvalue weighted by atomic mass is 10.1. The predicted molar refractivity (Wildman–Crippen MR) is 64.4 cm³/mol. The molecular weight excluding hydrogens is 252 g/mol. The molecular formula is C12H14N2O5. The molecule has 0 saturated heterocycles. The van der Waals surface area contributed by atoms with Crippen LogP contribution in [-0.4, -0.2) is 39.1 Å². The van der Waals surface area contributed by atoms with Crippen LogP contribution in [0.5, 0.6) is 0 Å². The van der Waals surface area contributed by atoms with Crippen LogP contribution in [0.25, 0.3) is 0 Å². The van der Waals surface area contributed by atoms with E-state index in [1.807, 2.05) is 0 Å². The molecule has 1 aromatic heterocycles. The van der Waals surface area contributed by atoms with Crippen LogP contribution in [0.1, 0.15) is 18.4 Å². The van der Waals surface area contributed by atoms with Gasteiger partial charge in [0.25, 0.3) is 0 Å². The maximum absolute atomic E-state index is 11.5. The van der Waals surface area contributed by atoms with Gasteiger partial charge in [0.1, 0.15) is 6.04 Å². The van der Waals surface area contributed by atoms with E-state index in [2.05, 4.69) is 10.3 Å². The van der Waals surface area contributed by atoms with Gasteiger partial charge < -0.3 is 15.5 Å². The van der Waals surface area contributed by atoms with Crippen molar-refractivity contribution in [2.75, 3.05) is 0 Å². The van der Waals surface area contributed by atoms with Gasteiger partial charge in [0.2, 0.25) is 5.91 Å². The number of nitrogens with zero attached hydrogens (tertiary/aromatic N) is 1. The second-order valence-electron chi connectivity index (χ2n) is 3.91. The molecule has 0 saturated carbocycles. The van der Waals surface area contributed by atoms with Gasteiger partial charge >= 0.3 is 11.9 Å². The minimum atomic E-state index is -1.40. The van der Waals surface area contributed by atoms with Crippen LogP contribution < -0.4 is 5.32 Å². The zero-order chi connectivity index (χ0) is 14.3. The van der Waals surface area contributed by atoms with Crippen LogP contribution in [0.2, 0.25) is 0 Å². The van der Waals surface area contributed by atoms with Crippen molar-refractivity contribution in [3.8, 4) is 0 Å². The Kier molecular flexibility index (Phi) is 5.46. The minimum Gasteiger partial charge on any atom is -0.481 e. The van der Waals surface area contributed by atoms with E-state index < -0.39 is 30.3 Å². The fourth-order valence-electron chi connectivity index (χ4n) is 1.45. The summed E-state index contributed by atoms with van der Waals surface area (Å²) in [6.07, 6.45) is 3.08. The highest BCUT2D eigenvalue weighted by molar-refractivity contribution is 5.86. The maximum Gasteiger partial charge on any atom is 0.326 e. The Hall–Kier alpha value is -2.44. The van der Waals surface area contributed by atoms with E-state index in [0.717, 1.165) is 5.56 Å². The molecule has 1 amide bonds. The van der Waals surface area contributed by atoms with Crippen molar-refractivity contribution in [1.82, 2.24) is 10.3 Å². The quantitative estimate of drug-likeness (QED) is 0.642. The standard InChI is InChI=1S/C12H14N2O5/c15-10(2-1-8-3-5-13-6-4-8)14-9(12(18)19)7-11(16)17/h3-6,9H,1-2,7H2,(H,14,15)(H,16,17)(H,18,19)/t9-/m1/s1. The Balaban J connectivity index is 2.45. The van der Waals surface area contributed by atoms with Crippen LogP contribution in [0, 0.1) is 0 Å². The molecule has 102 valence electrons. The second kappa shape index (κ2) is 7.10. The van der Waals surface area contributed by atoms with E-state index in [4.69, 9.17) is 10.2 Å².